The van der Waals surface area contributed by atoms with E-state index < -0.39 is 6.10 Å². The summed E-state index contributed by atoms with van der Waals surface area (Å²) in [7, 11) is 0. The summed E-state index contributed by atoms with van der Waals surface area (Å²) < 4.78 is 16.9. The molecule has 462 valence electrons. The molecule has 0 aliphatic rings. The second-order valence-electron chi connectivity index (χ2n) is 22.3. The van der Waals surface area contributed by atoms with Gasteiger partial charge in [-0.2, -0.15) is 0 Å². The number of unbranched alkanes of at least 4 members (excludes halogenated alkanes) is 30. The van der Waals surface area contributed by atoms with Crippen LogP contribution in [-0.2, 0) is 28.6 Å². The number of esters is 3. The van der Waals surface area contributed by atoms with Gasteiger partial charge in [0.15, 0.2) is 6.10 Å². The predicted octanol–water partition coefficient (Wildman–Crippen LogP) is 23.6. The number of rotatable bonds is 61. The Labute approximate surface area is 501 Å². The first-order valence-corrected chi connectivity index (χ1v) is 34.0. The van der Waals surface area contributed by atoms with Crippen molar-refractivity contribution in [1.82, 2.24) is 0 Å². The molecule has 1 atom stereocenters. The summed E-state index contributed by atoms with van der Waals surface area (Å²) in [6.45, 7) is 6.41. The molecule has 0 heterocycles. The van der Waals surface area contributed by atoms with Crippen molar-refractivity contribution in [2.24, 2.45) is 0 Å². The van der Waals surface area contributed by atoms with Crippen LogP contribution >= 0.6 is 0 Å². The topological polar surface area (TPSA) is 78.9 Å². The quantitative estimate of drug-likeness (QED) is 0.0261. The molecule has 1 unspecified atom stereocenters. The molecular formula is C75H126O6. The van der Waals surface area contributed by atoms with Crippen molar-refractivity contribution in [2.45, 2.75) is 322 Å². The van der Waals surface area contributed by atoms with Gasteiger partial charge in [-0.05, 0) is 109 Å². The maximum atomic E-state index is 13.0. The number of allylic oxidation sites excluding steroid dienone is 20. The van der Waals surface area contributed by atoms with Crippen LogP contribution in [0.5, 0.6) is 0 Å². The van der Waals surface area contributed by atoms with Crippen LogP contribution in [0.15, 0.2) is 122 Å². The lowest BCUT2D eigenvalue weighted by Gasteiger charge is -2.18. The first-order chi connectivity index (χ1) is 40.0. The van der Waals surface area contributed by atoms with Gasteiger partial charge in [0.1, 0.15) is 13.2 Å². The Morgan fingerprint density at radius 2 is 0.481 bits per heavy atom. The zero-order valence-electron chi connectivity index (χ0n) is 53.0. The molecule has 0 fully saturated rings. The minimum Gasteiger partial charge on any atom is -0.462 e. The highest BCUT2D eigenvalue weighted by molar-refractivity contribution is 5.71. The maximum absolute atomic E-state index is 13.0. The second-order valence-corrected chi connectivity index (χ2v) is 22.3. The van der Waals surface area contributed by atoms with Crippen LogP contribution in [-0.4, -0.2) is 37.2 Å². The lowest BCUT2D eigenvalue weighted by molar-refractivity contribution is -0.167. The van der Waals surface area contributed by atoms with E-state index in [2.05, 4.69) is 142 Å². The van der Waals surface area contributed by atoms with Crippen LogP contribution in [0.1, 0.15) is 316 Å². The minimum absolute atomic E-state index is 0.0995. The fraction of sp³-hybridized carbons (Fsp3) is 0.693. The maximum Gasteiger partial charge on any atom is 0.306 e. The van der Waals surface area contributed by atoms with Gasteiger partial charge in [-0.15, -0.1) is 0 Å². The number of carbonyl (C=O) groups is 3. The van der Waals surface area contributed by atoms with E-state index >= 15 is 0 Å². The third-order valence-corrected chi connectivity index (χ3v) is 14.5. The lowest BCUT2D eigenvalue weighted by atomic mass is 10.0. The molecule has 0 saturated carbocycles. The smallest absolute Gasteiger partial charge is 0.306 e. The summed E-state index contributed by atoms with van der Waals surface area (Å²) in [6, 6.07) is 0. The Morgan fingerprint density at radius 3 is 0.753 bits per heavy atom. The summed E-state index contributed by atoms with van der Waals surface area (Å²) in [5.41, 5.74) is 0. The molecule has 6 nitrogen and oxygen atoms in total. The van der Waals surface area contributed by atoms with Crippen LogP contribution < -0.4 is 0 Å². The molecule has 0 rings (SSSR count). The van der Waals surface area contributed by atoms with Gasteiger partial charge in [0.25, 0.3) is 0 Å². The van der Waals surface area contributed by atoms with Crippen LogP contribution in [0, 0.1) is 0 Å². The molecule has 0 aromatic rings. The lowest BCUT2D eigenvalue weighted by Crippen LogP contribution is -2.30. The number of hydrogen-bond donors (Lipinski definition) is 0. The van der Waals surface area contributed by atoms with Crippen LogP contribution in [0.4, 0.5) is 0 Å². The third kappa shape index (κ3) is 66.5. The number of carbonyl (C=O) groups excluding carboxylic acids is 3. The molecule has 0 bridgehead atoms. The summed E-state index contributed by atoms with van der Waals surface area (Å²) in [6.07, 6.45) is 95.0. The normalized spacial score (nSPS) is 12.9. The average molecular weight is 1120 g/mol. The summed E-state index contributed by atoms with van der Waals surface area (Å²) in [5, 5.41) is 0. The van der Waals surface area contributed by atoms with E-state index in [1.54, 1.807) is 0 Å². The van der Waals surface area contributed by atoms with Gasteiger partial charge in [-0.1, -0.05) is 309 Å². The van der Waals surface area contributed by atoms with E-state index in [-0.39, 0.29) is 31.1 Å². The van der Waals surface area contributed by atoms with Crippen molar-refractivity contribution in [3.63, 3.8) is 0 Å². The molecule has 0 aromatic carbocycles. The van der Waals surface area contributed by atoms with Gasteiger partial charge in [0.05, 0.1) is 0 Å². The molecule has 6 heteroatoms. The van der Waals surface area contributed by atoms with E-state index in [0.717, 1.165) is 148 Å². The van der Waals surface area contributed by atoms with Gasteiger partial charge in [0, 0.05) is 19.3 Å². The van der Waals surface area contributed by atoms with Crippen LogP contribution in [0.3, 0.4) is 0 Å². The highest BCUT2D eigenvalue weighted by atomic mass is 16.6. The molecular weight excluding hydrogens is 997 g/mol. The van der Waals surface area contributed by atoms with Crippen LogP contribution in [0.25, 0.3) is 0 Å². The van der Waals surface area contributed by atoms with E-state index in [9.17, 15) is 14.4 Å². The molecule has 0 aliphatic carbocycles. The Hall–Kier alpha value is -4.19. The summed E-state index contributed by atoms with van der Waals surface area (Å²) in [5.74, 6) is -0.935. The first-order valence-electron chi connectivity index (χ1n) is 34.0. The predicted molar refractivity (Wildman–Crippen MR) is 353 cm³/mol. The Bertz CT molecular complexity index is 1670. The zero-order chi connectivity index (χ0) is 58.5. The van der Waals surface area contributed by atoms with E-state index in [1.807, 2.05) is 0 Å². The van der Waals surface area contributed by atoms with E-state index in [1.165, 1.54) is 128 Å². The molecule has 0 aromatic heterocycles. The summed E-state index contributed by atoms with van der Waals surface area (Å²) in [4.78, 5) is 38.4. The molecule has 0 radical (unpaired) electrons. The standard InChI is InChI=1S/C75H126O6/c1-4-7-10-13-16-19-22-25-28-31-33-35-37-39-41-44-47-50-53-56-59-62-65-68-74(77)80-71-72(70-79-73(76)67-64-61-58-55-52-49-46-43-30-27-24-21-18-15-12-9-6-3)81-75(78)69-66-63-60-57-54-51-48-45-42-40-38-36-34-32-29-26-23-20-17-14-11-8-5-2/h7,9-10,12,16,18-19,21,25,27-28,30,33,35,39,41,46-47,49-50,72H,4-6,8,11,13-15,17,20,22-24,26,29,31-32,34,36-38,40,42-45,48,51-71H2,1-3H3/b10-7-,12-9-,19-16-,21-18-,28-25-,30-27-,35-33-,41-39-,49-46-,50-47-. The monoisotopic (exact) mass is 1120 g/mol. The second kappa shape index (κ2) is 68.3. The molecule has 81 heavy (non-hydrogen) atoms. The average Bonchev–Trinajstić information content (AvgIpc) is 3.47. The van der Waals surface area contributed by atoms with Gasteiger partial charge in [-0.25, -0.2) is 0 Å². The van der Waals surface area contributed by atoms with Gasteiger partial charge in [0.2, 0.25) is 0 Å². The van der Waals surface area contributed by atoms with Crippen molar-refractivity contribution in [3.05, 3.63) is 122 Å². The summed E-state index contributed by atoms with van der Waals surface area (Å²) >= 11 is 0. The first kappa shape index (κ1) is 76.8. The molecule has 0 spiro atoms. The molecule has 0 N–H and O–H groups in total. The zero-order valence-corrected chi connectivity index (χ0v) is 53.0. The molecule has 0 amide bonds. The van der Waals surface area contributed by atoms with Crippen LogP contribution in [0.2, 0.25) is 0 Å². The van der Waals surface area contributed by atoms with Crippen molar-refractivity contribution in [3.8, 4) is 0 Å². The van der Waals surface area contributed by atoms with Gasteiger partial charge in [-0.3, -0.25) is 14.4 Å². The Kier molecular flexibility index (Phi) is 64.8. The van der Waals surface area contributed by atoms with Gasteiger partial charge >= 0.3 is 17.9 Å². The van der Waals surface area contributed by atoms with Crippen molar-refractivity contribution in [1.29, 1.82) is 0 Å². The third-order valence-electron chi connectivity index (χ3n) is 14.5. The highest BCUT2D eigenvalue weighted by Gasteiger charge is 2.19. The molecule has 0 saturated heterocycles. The SMILES string of the molecule is CC/C=C\C/C=C\C/C=C\C/C=C\C/C=C\C/C=C\CCCCCCC(=O)OCC(COC(=O)CCCCCC/C=C\C/C=C\C/C=C\C/C=C\CC)OC(=O)CCCCCCCCCCCCCCCCCCCCCCCCC. The van der Waals surface area contributed by atoms with Crippen molar-refractivity contribution >= 4 is 17.9 Å². The van der Waals surface area contributed by atoms with E-state index in [4.69, 9.17) is 14.2 Å². The van der Waals surface area contributed by atoms with Crippen molar-refractivity contribution < 1.29 is 28.6 Å². The van der Waals surface area contributed by atoms with Gasteiger partial charge < -0.3 is 14.2 Å². The fourth-order valence-electron chi connectivity index (χ4n) is 9.44. The number of ether oxygens (including phenoxy) is 3. The highest BCUT2D eigenvalue weighted by Crippen LogP contribution is 2.17. The largest absolute Gasteiger partial charge is 0.462 e. The fourth-order valence-corrected chi connectivity index (χ4v) is 9.44. The minimum atomic E-state index is -0.803. The molecule has 0 aliphatic heterocycles. The Morgan fingerprint density at radius 1 is 0.259 bits per heavy atom. The van der Waals surface area contributed by atoms with E-state index in [0.29, 0.717) is 19.3 Å². The van der Waals surface area contributed by atoms with Crippen molar-refractivity contribution in [2.75, 3.05) is 13.2 Å². The Balaban J connectivity index is 4.44. The number of hydrogen-bond acceptors (Lipinski definition) is 6.